The van der Waals surface area contributed by atoms with Crippen LogP contribution in [0.5, 0.6) is 5.75 Å². The van der Waals surface area contributed by atoms with Crippen LogP contribution in [0.3, 0.4) is 0 Å². The lowest BCUT2D eigenvalue weighted by Crippen LogP contribution is -2.32. The van der Waals surface area contributed by atoms with Crippen LogP contribution in [0.1, 0.15) is 35.5 Å². The van der Waals surface area contributed by atoms with Crippen LogP contribution in [0.4, 0.5) is 5.69 Å². The largest absolute Gasteiger partial charge is 0.488 e. The van der Waals surface area contributed by atoms with Crippen LogP contribution in [-0.2, 0) is 20.1 Å². The van der Waals surface area contributed by atoms with Crippen LogP contribution in [0.2, 0.25) is 0 Å². The molecule has 0 unspecified atom stereocenters. The normalized spacial score (nSPS) is 12.1. The predicted octanol–water partition coefficient (Wildman–Crippen LogP) is 4.21. The summed E-state index contributed by atoms with van der Waals surface area (Å²) in [5.74, 6) is 0.744. The van der Waals surface area contributed by atoms with Crippen molar-refractivity contribution in [1.29, 1.82) is 0 Å². The Morgan fingerprint density at radius 3 is 2.67 bits per heavy atom. The average Bonchev–Trinajstić information content (AvgIpc) is 3.06. The van der Waals surface area contributed by atoms with Crippen molar-refractivity contribution in [2.75, 3.05) is 11.4 Å². The maximum Gasteiger partial charge on any atom is 0.279 e. The molecule has 2 aromatic carbocycles. The molecule has 138 valence electrons. The third kappa shape index (κ3) is 2.79. The molecular weight excluding hydrogens is 338 g/mol. The molecular formula is C22H23N3O2. The van der Waals surface area contributed by atoms with Crippen molar-refractivity contribution in [2.24, 2.45) is 7.05 Å². The molecule has 0 atom stereocenters. The third-order valence-corrected chi connectivity index (χ3v) is 5.09. The topological polar surface area (TPSA) is 47.4 Å². The number of anilines is 1. The highest BCUT2D eigenvalue weighted by molar-refractivity contribution is 6.07. The molecule has 1 aliphatic heterocycles. The van der Waals surface area contributed by atoms with Crippen molar-refractivity contribution in [3.05, 3.63) is 65.4 Å². The number of aryl methyl sites for hydroxylation is 2. The average molecular weight is 361 g/mol. The van der Waals surface area contributed by atoms with Crippen LogP contribution in [0.15, 0.2) is 48.5 Å². The number of fused-ring (bicyclic) bond motifs is 3. The van der Waals surface area contributed by atoms with Gasteiger partial charge in [0.25, 0.3) is 5.91 Å². The van der Waals surface area contributed by atoms with E-state index in [0.717, 1.165) is 40.2 Å². The summed E-state index contributed by atoms with van der Waals surface area (Å²) in [5, 5.41) is 4.59. The molecule has 0 saturated heterocycles. The lowest BCUT2D eigenvalue weighted by atomic mass is 10.0. The Morgan fingerprint density at radius 1 is 1.15 bits per heavy atom. The molecule has 5 nitrogen and oxygen atoms in total. The number of ether oxygens (including phenoxy) is 1. The maximum atomic E-state index is 13.4. The Balaban J connectivity index is 1.80. The van der Waals surface area contributed by atoms with E-state index in [-0.39, 0.29) is 5.91 Å². The van der Waals surface area contributed by atoms with E-state index in [4.69, 9.17) is 4.74 Å². The first kappa shape index (κ1) is 17.3. The van der Waals surface area contributed by atoms with E-state index in [1.54, 1.807) is 4.68 Å². The lowest BCUT2D eigenvalue weighted by Gasteiger charge is -2.24. The van der Waals surface area contributed by atoms with Crippen LogP contribution < -0.4 is 9.64 Å². The Bertz CT molecular complexity index is 1010. The standard InChI is InChI=1S/C22H23N3O2/c1-4-15-10-6-8-12-18(15)25(5-2)22(26)20-17-14-27-19-13-9-7-11-16(19)21(17)24(3)23-20/h6-13H,4-5,14H2,1-3H3. The van der Waals surface area contributed by atoms with Crippen LogP contribution in [0.25, 0.3) is 11.3 Å². The highest BCUT2D eigenvalue weighted by Gasteiger charge is 2.31. The van der Waals surface area contributed by atoms with E-state index in [9.17, 15) is 4.79 Å². The Hall–Kier alpha value is -3.08. The van der Waals surface area contributed by atoms with Crippen molar-refractivity contribution in [3.8, 4) is 17.0 Å². The fourth-order valence-electron chi connectivity index (χ4n) is 3.78. The molecule has 0 spiro atoms. The van der Waals surface area contributed by atoms with Crippen molar-refractivity contribution in [1.82, 2.24) is 9.78 Å². The summed E-state index contributed by atoms with van der Waals surface area (Å²) in [7, 11) is 1.88. The van der Waals surface area contributed by atoms with Gasteiger partial charge in [-0.25, -0.2) is 0 Å². The van der Waals surface area contributed by atoms with Gasteiger partial charge in [0.15, 0.2) is 5.69 Å². The van der Waals surface area contributed by atoms with E-state index < -0.39 is 0 Å². The van der Waals surface area contributed by atoms with Gasteiger partial charge in [-0.1, -0.05) is 37.3 Å². The molecule has 1 aliphatic rings. The van der Waals surface area contributed by atoms with Gasteiger partial charge in [0.05, 0.1) is 5.69 Å². The SMILES string of the molecule is CCc1ccccc1N(CC)C(=O)c1nn(C)c2c1COc1ccccc1-2. The minimum Gasteiger partial charge on any atom is -0.488 e. The Labute approximate surface area is 159 Å². The number of nitrogens with zero attached hydrogens (tertiary/aromatic N) is 3. The maximum absolute atomic E-state index is 13.4. The first-order chi connectivity index (χ1) is 13.2. The van der Waals surface area contributed by atoms with Crippen LogP contribution in [-0.4, -0.2) is 22.2 Å². The van der Waals surface area contributed by atoms with Gasteiger partial charge in [-0.3, -0.25) is 9.48 Å². The quantitative estimate of drug-likeness (QED) is 0.699. The second-order valence-corrected chi connectivity index (χ2v) is 6.62. The van der Waals surface area contributed by atoms with E-state index in [1.165, 1.54) is 0 Å². The van der Waals surface area contributed by atoms with Gasteiger partial charge in [0.1, 0.15) is 12.4 Å². The molecule has 1 aromatic heterocycles. The Kier molecular flexibility index (Phi) is 4.44. The minimum absolute atomic E-state index is 0.0850. The number of aromatic nitrogens is 2. The Morgan fingerprint density at radius 2 is 1.89 bits per heavy atom. The number of carbonyl (C=O) groups is 1. The summed E-state index contributed by atoms with van der Waals surface area (Å²) in [6, 6.07) is 15.9. The van der Waals surface area contributed by atoms with Crippen molar-refractivity contribution in [2.45, 2.75) is 26.9 Å². The van der Waals surface area contributed by atoms with E-state index >= 15 is 0 Å². The van der Waals surface area contributed by atoms with Gasteiger partial charge in [-0.15, -0.1) is 0 Å². The van der Waals surface area contributed by atoms with Crippen LogP contribution >= 0.6 is 0 Å². The summed E-state index contributed by atoms with van der Waals surface area (Å²) < 4.78 is 7.69. The van der Waals surface area contributed by atoms with Gasteiger partial charge in [-0.05, 0) is 37.1 Å². The molecule has 4 rings (SSSR count). The molecule has 0 saturated carbocycles. The van der Waals surface area contributed by atoms with E-state index in [0.29, 0.717) is 18.8 Å². The molecule has 0 N–H and O–H groups in total. The fourth-order valence-corrected chi connectivity index (χ4v) is 3.78. The van der Waals surface area contributed by atoms with Crippen LogP contribution in [0, 0.1) is 0 Å². The molecule has 5 heteroatoms. The van der Waals surface area contributed by atoms with E-state index in [2.05, 4.69) is 18.1 Å². The van der Waals surface area contributed by atoms with Gasteiger partial charge in [0.2, 0.25) is 0 Å². The number of hydrogen-bond acceptors (Lipinski definition) is 3. The monoisotopic (exact) mass is 361 g/mol. The zero-order chi connectivity index (χ0) is 19.0. The number of para-hydroxylation sites is 2. The van der Waals surface area contributed by atoms with E-state index in [1.807, 2.05) is 61.3 Å². The molecule has 0 radical (unpaired) electrons. The molecule has 1 amide bonds. The first-order valence-corrected chi connectivity index (χ1v) is 9.33. The highest BCUT2D eigenvalue weighted by atomic mass is 16.5. The summed E-state index contributed by atoms with van der Waals surface area (Å²) in [6.45, 7) is 5.03. The van der Waals surface area contributed by atoms with Gasteiger partial charge in [-0.2, -0.15) is 5.10 Å². The smallest absolute Gasteiger partial charge is 0.279 e. The molecule has 2 heterocycles. The first-order valence-electron chi connectivity index (χ1n) is 9.33. The van der Waals surface area contributed by atoms with Gasteiger partial charge < -0.3 is 9.64 Å². The number of benzene rings is 2. The summed E-state index contributed by atoms with van der Waals surface area (Å²) in [6.07, 6.45) is 0.872. The number of hydrogen-bond donors (Lipinski definition) is 0. The number of amides is 1. The minimum atomic E-state index is -0.0850. The molecule has 0 bridgehead atoms. The summed E-state index contributed by atoms with van der Waals surface area (Å²) in [4.78, 5) is 15.2. The highest BCUT2D eigenvalue weighted by Crippen LogP contribution is 2.38. The summed E-state index contributed by atoms with van der Waals surface area (Å²) >= 11 is 0. The molecule has 27 heavy (non-hydrogen) atoms. The fraction of sp³-hybridized carbons (Fsp3) is 0.273. The molecule has 0 fully saturated rings. The number of rotatable bonds is 4. The molecule has 0 aliphatic carbocycles. The third-order valence-electron chi connectivity index (χ3n) is 5.09. The van der Waals surface area contributed by atoms with Crippen molar-refractivity contribution < 1.29 is 9.53 Å². The zero-order valence-corrected chi connectivity index (χ0v) is 15.9. The van der Waals surface area contributed by atoms with Crippen molar-refractivity contribution >= 4 is 11.6 Å². The number of carbonyl (C=O) groups excluding carboxylic acids is 1. The van der Waals surface area contributed by atoms with Crippen molar-refractivity contribution in [3.63, 3.8) is 0 Å². The predicted molar refractivity (Wildman–Crippen MR) is 106 cm³/mol. The second-order valence-electron chi connectivity index (χ2n) is 6.62. The second kappa shape index (κ2) is 6.91. The van der Waals surface area contributed by atoms with Gasteiger partial charge in [0, 0.05) is 30.4 Å². The summed E-state index contributed by atoms with van der Waals surface area (Å²) in [5.41, 5.74) is 5.36. The van der Waals surface area contributed by atoms with Gasteiger partial charge >= 0.3 is 0 Å². The zero-order valence-electron chi connectivity index (χ0n) is 15.9. The lowest BCUT2D eigenvalue weighted by molar-refractivity contribution is 0.0980. The molecule has 3 aromatic rings.